The number of rotatable bonds is 0. The molecule has 0 aromatic heterocycles. The lowest BCUT2D eigenvalue weighted by molar-refractivity contribution is 0.466. The summed E-state index contributed by atoms with van der Waals surface area (Å²) in [4.78, 5) is 0. The van der Waals surface area contributed by atoms with E-state index in [1.165, 1.54) is 49.9 Å². The Bertz CT molecular complexity index is 395. The molecule has 1 fully saturated rings. The van der Waals surface area contributed by atoms with E-state index in [2.05, 4.69) is 30.6 Å². The van der Waals surface area contributed by atoms with Gasteiger partial charge in [0.25, 0.3) is 0 Å². The third-order valence-electron chi connectivity index (χ3n) is 5.16. The van der Waals surface area contributed by atoms with Crippen molar-refractivity contribution in [2.45, 2.75) is 93.9 Å². The molecule has 1 saturated heterocycles. The van der Waals surface area contributed by atoms with Crippen molar-refractivity contribution in [2.75, 3.05) is 13.1 Å². The fourth-order valence-corrected chi connectivity index (χ4v) is 3.63. The minimum atomic E-state index is 0.774. The van der Waals surface area contributed by atoms with Crippen LogP contribution in [0.3, 0.4) is 0 Å². The molecule has 0 radical (unpaired) electrons. The molecular weight excluding hydrogens is 304 g/mol. The molecule has 148 valence electrons. The van der Waals surface area contributed by atoms with Crippen LogP contribution < -0.4 is 10.6 Å². The van der Waals surface area contributed by atoms with E-state index in [0.717, 1.165) is 30.8 Å². The van der Waals surface area contributed by atoms with Crippen molar-refractivity contribution in [2.24, 2.45) is 17.8 Å². The molecule has 2 aliphatic heterocycles. The van der Waals surface area contributed by atoms with Crippen LogP contribution in [-0.2, 0) is 0 Å². The van der Waals surface area contributed by atoms with Gasteiger partial charge in [0.2, 0.25) is 0 Å². The first-order chi connectivity index (χ1) is 12.2. The monoisotopic (exact) mass is 350 g/mol. The molecular formula is C23H46N2. The third-order valence-corrected chi connectivity index (χ3v) is 5.16. The van der Waals surface area contributed by atoms with Gasteiger partial charge in [0.15, 0.2) is 0 Å². The molecule has 2 N–H and O–H groups in total. The Morgan fingerprint density at radius 2 is 1.28 bits per heavy atom. The van der Waals surface area contributed by atoms with E-state index >= 15 is 0 Å². The molecule has 0 bridgehead atoms. The van der Waals surface area contributed by atoms with Crippen molar-refractivity contribution < 1.29 is 0 Å². The van der Waals surface area contributed by atoms with Gasteiger partial charge < -0.3 is 10.6 Å². The van der Waals surface area contributed by atoms with E-state index in [-0.39, 0.29) is 0 Å². The van der Waals surface area contributed by atoms with Gasteiger partial charge in [-0.2, -0.15) is 0 Å². The van der Waals surface area contributed by atoms with Gasteiger partial charge in [0.05, 0.1) is 0 Å². The summed E-state index contributed by atoms with van der Waals surface area (Å²) in [6.07, 6.45) is 10.5. The molecule has 3 atom stereocenters. The molecule has 1 aliphatic carbocycles. The molecule has 2 heteroatoms. The average molecular weight is 351 g/mol. The first-order valence-electron chi connectivity index (χ1n) is 11.1. The maximum atomic E-state index is 3.72. The second kappa shape index (κ2) is 14.3. The van der Waals surface area contributed by atoms with Crippen LogP contribution in [-0.4, -0.2) is 13.1 Å². The van der Waals surface area contributed by atoms with E-state index in [1.54, 1.807) is 5.57 Å². The van der Waals surface area contributed by atoms with Crippen LogP contribution in [0.25, 0.3) is 0 Å². The molecule has 2 nitrogen and oxygen atoms in total. The highest BCUT2D eigenvalue weighted by molar-refractivity contribution is 5.32. The van der Waals surface area contributed by atoms with E-state index in [1.807, 2.05) is 41.5 Å². The molecule has 3 rings (SSSR count). The zero-order chi connectivity index (χ0) is 19.2. The highest BCUT2D eigenvalue weighted by Gasteiger charge is 2.25. The van der Waals surface area contributed by atoms with E-state index < -0.39 is 0 Å². The fourth-order valence-electron chi connectivity index (χ4n) is 3.63. The normalized spacial score (nSPS) is 27.8. The molecule has 0 amide bonds. The molecule has 0 spiro atoms. The Morgan fingerprint density at radius 3 is 1.96 bits per heavy atom. The van der Waals surface area contributed by atoms with Crippen LogP contribution >= 0.6 is 0 Å². The lowest BCUT2D eigenvalue weighted by Crippen LogP contribution is -2.22. The van der Waals surface area contributed by atoms with Crippen molar-refractivity contribution in [3.63, 3.8) is 0 Å². The maximum Gasteiger partial charge on any atom is 0.0349 e. The molecule has 0 aromatic carbocycles. The summed E-state index contributed by atoms with van der Waals surface area (Å²) in [7, 11) is 0. The summed E-state index contributed by atoms with van der Waals surface area (Å²) in [6.45, 7) is 19.0. The quantitative estimate of drug-likeness (QED) is 0.511. The number of allylic oxidation sites excluding steroid dienone is 3. The van der Waals surface area contributed by atoms with Crippen molar-refractivity contribution in [3.05, 3.63) is 23.0 Å². The second-order valence-corrected chi connectivity index (χ2v) is 6.94. The fraction of sp³-hybridized carbons (Fsp3) is 0.826. The van der Waals surface area contributed by atoms with Crippen LogP contribution in [0, 0.1) is 17.8 Å². The number of nitrogens with one attached hydrogen (secondary N) is 2. The van der Waals surface area contributed by atoms with Crippen molar-refractivity contribution in [1.82, 2.24) is 10.6 Å². The van der Waals surface area contributed by atoms with Crippen LogP contribution in [0.1, 0.15) is 93.9 Å². The van der Waals surface area contributed by atoms with Crippen molar-refractivity contribution in [1.29, 1.82) is 0 Å². The largest absolute Gasteiger partial charge is 0.388 e. The van der Waals surface area contributed by atoms with E-state index in [9.17, 15) is 0 Å². The SMILES string of the molecule is CC.CC.CC.CC1CCC2CCC3=C(C=C2NC1)NCC(C)CC3. The first-order valence-corrected chi connectivity index (χ1v) is 11.1. The molecule has 3 aliphatic rings. The van der Waals surface area contributed by atoms with E-state index in [4.69, 9.17) is 0 Å². The lowest BCUT2D eigenvalue weighted by Gasteiger charge is -2.17. The summed E-state index contributed by atoms with van der Waals surface area (Å²) in [5.41, 5.74) is 4.64. The summed E-state index contributed by atoms with van der Waals surface area (Å²) >= 11 is 0. The van der Waals surface area contributed by atoms with Crippen LogP contribution in [0.2, 0.25) is 0 Å². The highest BCUT2D eigenvalue weighted by Crippen LogP contribution is 2.34. The standard InChI is InChI=1S/C17H28N2.3C2H6/c1-12-3-5-14-7-8-15-6-4-13(2)11-19-17(15)9-16(14)18-10-12;3*1-2/h9,12-14,18-19H,3-8,10-11H2,1-2H3;3*1-2H3. The van der Waals surface area contributed by atoms with Gasteiger partial charge in [0.1, 0.15) is 0 Å². The van der Waals surface area contributed by atoms with Crippen LogP contribution in [0.15, 0.2) is 23.0 Å². The predicted octanol–water partition coefficient (Wildman–Crippen LogP) is 6.65. The van der Waals surface area contributed by atoms with Gasteiger partial charge in [-0.25, -0.2) is 0 Å². The van der Waals surface area contributed by atoms with Crippen LogP contribution in [0.5, 0.6) is 0 Å². The minimum Gasteiger partial charge on any atom is -0.388 e. The number of hydrogen-bond donors (Lipinski definition) is 2. The first kappa shape index (κ1) is 24.1. The zero-order valence-electron chi connectivity index (χ0n) is 18.5. The maximum absolute atomic E-state index is 3.72. The van der Waals surface area contributed by atoms with Gasteiger partial charge in [-0.05, 0) is 67.9 Å². The smallest absolute Gasteiger partial charge is 0.0349 e. The molecule has 0 saturated carbocycles. The summed E-state index contributed by atoms with van der Waals surface area (Å²) in [5, 5.41) is 7.43. The molecule has 3 unspecified atom stereocenters. The Hall–Kier alpha value is -0.920. The summed E-state index contributed by atoms with van der Waals surface area (Å²) in [5.74, 6) is 2.41. The Balaban J connectivity index is 0.000000871. The average Bonchev–Trinajstić information content (AvgIpc) is 3.03. The number of hydrogen-bond acceptors (Lipinski definition) is 2. The van der Waals surface area contributed by atoms with Gasteiger partial charge in [0, 0.05) is 24.5 Å². The zero-order valence-corrected chi connectivity index (χ0v) is 18.5. The van der Waals surface area contributed by atoms with Gasteiger partial charge in [-0.15, -0.1) is 0 Å². The Morgan fingerprint density at radius 1 is 0.720 bits per heavy atom. The third kappa shape index (κ3) is 7.88. The molecule has 2 heterocycles. The summed E-state index contributed by atoms with van der Waals surface area (Å²) < 4.78 is 0. The van der Waals surface area contributed by atoms with E-state index in [0.29, 0.717) is 0 Å². The van der Waals surface area contributed by atoms with Gasteiger partial charge in [-0.3, -0.25) is 0 Å². The lowest BCUT2D eigenvalue weighted by atomic mass is 9.91. The van der Waals surface area contributed by atoms with Crippen molar-refractivity contribution in [3.8, 4) is 0 Å². The van der Waals surface area contributed by atoms with Gasteiger partial charge >= 0.3 is 0 Å². The predicted molar refractivity (Wildman–Crippen MR) is 115 cm³/mol. The van der Waals surface area contributed by atoms with Crippen molar-refractivity contribution >= 4 is 0 Å². The summed E-state index contributed by atoms with van der Waals surface area (Å²) in [6, 6.07) is 0. The molecule has 25 heavy (non-hydrogen) atoms. The Kier molecular flexibility index (Phi) is 13.7. The minimum absolute atomic E-state index is 0.774. The highest BCUT2D eigenvalue weighted by atomic mass is 14.9. The Labute approximate surface area is 158 Å². The second-order valence-electron chi connectivity index (χ2n) is 6.94. The van der Waals surface area contributed by atoms with Gasteiger partial charge in [-0.1, -0.05) is 55.4 Å². The molecule has 0 aromatic rings. The topological polar surface area (TPSA) is 24.1 Å². The van der Waals surface area contributed by atoms with Crippen LogP contribution in [0.4, 0.5) is 0 Å². The number of fused-ring (bicyclic) bond motifs is 1.